The molecule has 126 valence electrons. The normalized spacial score (nSPS) is 13.7. The standard InChI is InChI=1S/C17H20N4O3/c1-19-15(18)14(16(23)20(2)17(19)24)13(22)10-21-9-5-7-11-6-3-4-8-12(11)21/h3-4,6,8H,5,7,9-10,18H2,1-2H3. The first-order valence-electron chi connectivity index (χ1n) is 7.83. The van der Waals surface area contributed by atoms with E-state index in [2.05, 4.69) is 0 Å². The Morgan fingerprint density at radius 1 is 1.17 bits per heavy atom. The van der Waals surface area contributed by atoms with Crippen LogP contribution in [0.5, 0.6) is 0 Å². The lowest BCUT2D eigenvalue weighted by molar-refractivity contribution is 0.0996. The number of Topliss-reactive ketones (excluding diaryl/α,β-unsaturated/α-hetero) is 1. The molecule has 2 aromatic rings. The van der Waals surface area contributed by atoms with Gasteiger partial charge in [-0.25, -0.2) is 4.79 Å². The van der Waals surface area contributed by atoms with E-state index >= 15 is 0 Å². The maximum absolute atomic E-state index is 12.7. The van der Waals surface area contributed by atoms with Gasteiger partial charge in [0, 0.05) is 26.3 Å². The van der Waals surface area contributed by atoms with E-state index in [-0.39, 0.29) is 23.7 Å². The number of nitrogens with zero attached hydrogens (tertiary/aromatic N) is 3. The maximum Gasteiger partial charge on any atom is 0.332 e. The van der Waals surface area contributed by atoms with Gasteiger partial charge in [-0.3, -0.25) is 18.7 Å². The van der Waals surface area contributed by atoms with E-state index in [0.29, 0.717) is 0 Å². The fraction of sp³-hybridized carbons (Fsp3) is 0.353. The minimum Gasteiger partial charge on any atom is -0.384 e. The van der Waals surface area contributed by atoms with Crippen molar-refractivity contribution in [2.75, 3.05) is 23.7 Å². The third kappa shape index (κ3) is 2.51. The average Bonchev–Trinajstić information content (AvgIpc) is 2.59. The zero-order chi connectivity index (χ0) is 17.4. The van der Waals surface area contributed by atoms with Crippen LogP contribution in [-0.4, -0.2) is 28.0 Å². The van der Waals surface area contributed by atoms with Gasteiger partial charge in [0.25, 0.3) is 5.56 Å². The van der Waals surface area contributed by atoms with E-state index in [1.54, 1.807) is 0 Å². The summed E-state index contributed by atoms with van der Waals surface area (Å²) in [6, 6.07) is 7.93. The first-order chi connectivity index (χ1) is 11.4. The average molecular weight is 328 g/mol. The van der Waals surface area contributed by atoms with Gasteiger partial charge in [-0.1, -0.05) is 18.2 Å². The van der Waals surface area contributed by atoms with E-state index < -0.39 is 11.2 Å². The minimum atomic E-state index is -0.647. The lowest BCUT2D eigenvalue weighted by Crippen LogP contribution is -2.44. The van der Waals surface area contributed by atoms with Crippen molar-refractivity contribution in [2.45, 2.75) is 12.8 Å². The van der Waals surface area contributed by atoms with Crippen LogP contribution in [0.25, 0.3) is 0 Å². The predicted octanol–water partition coefficient (Wildman–Crippen LogP) is 0.302. The van der Waals surface area contributed by atoms with Gasteiger partial charge < -0.3 is 10.6 Å². The third-order valence-corrected chi connectivity index (χ3v) is 4.53. The fourth-order valence-corrected chi connectivity index (χ4v) is 3.15. The van der Waals surface area contributed by atoms with Crippen molar-refractivity contribution < 1.29 is 4.79 Å². The first kappa shape index (κ1) is 16.0. The molecular weight excluding hydrogens is 308 g/mol. The summed E-state index contributed by atoms with van der Waals surface area (Å²) >= 11 is 0. The number of benzene rings is 1. The number of anilines is 2. The van der Waals surface area contributed by atoms with Crippen LogP contribution in [0.4, 0.5) is 11.5 Å². The summed E-state index contributed by atoms with van der Waals surface area (Å²) < 4.78 is 2.03. The molecule has 0 unspecified atom stereocenters. The number of carbonyl (C=O) groups is 1. The molecule has 3 rings (SSSR count). The van der Waals surface area contributed by atoms with Crippen molar-refractivity contribution in [2.24, 2.45) is 14.1 Å². The number of ketones is 1. The summed E-state index contributed by atoms with van der Waals surface area (Å²) in [7, 11) is 2.79. The molecule has 0 atom stereocenters. The number of rotatable bonds is 3. The number of aromatic nitrogens is 2. The molecular formula is C17H20N4O3. The Kier molecular flexibility index (Phi) is 4.01. The summed E-state index contributed by atoms with van der Waals surface area (Å²) in [5.41, 5.74) is 6.75. The van der Waals surface area contributed by atoms with Crippen LogP contribution in [0, 0.1) is 0 Å². The zero-order valence-electron chi connectivity index (χ0n) is 13.8. The van der Waals surface area contributed by atoms with Crippen molar-refractivity contribution >= 4 is 17.3 Å². The molecule has 0 saturated heterocycles. The van der Waals surface area contributed by atoms with Gasteiger partial charge in [-0.15, -0.1) is 0 Å². The van der Waals surface area contributed by atoms with Crippen molar-refractivity contribution in [1.29, 1.82) is 0 Å². The molecule has 2 heterocycles. The van der Waals surface area contributed by atoms with Crippen LogP contribution in [0.3, 0.4) is 0 Å². The molecule has 1 aliphatic rings. The van der Waals surface area contributed by atoms with Gasteiger partial charge in [-0.2, -0.15) is 0 Å². The molecule has 24 heavy (non-hydrogen) atoms. The van der Waals surface area contributed by atoms with Crippen LogP contribution in [0.1, 0.15) is 22.3 Å². The largest absolute Gasteiger partial charge is 0.384 e. The second-order valence-corrected chi connectivity index (χ2v) is 6.04. The topological polar surface area (TPSA) is 90.3 Å². The van der Waals surface area contributed by atoms with E-state index in [4.69, 9.17) is 5.73 Å². The Morgan fingerprint density at radius 3 is 2.62 bits per heavy atom. The van der Waals surface area contributed by atoms with Crippen LogP contribution in [0.2, 0.25) is 0 Å². The number of fused-ring (bicyclic) bond motifs is 1. The molecule has 0 spiro atoms. The van der Waals surface area contributed by atoms with Crippen LogP contribution < -0.4 is 21.9 Å². The number of nitrogen functional groups attached to an aromatic ring is 1. The van der Waals surface area contributed by atoms with Crippen LogP contribution in [0.15, 0.2) is 33.9 Å². The molecule has 1 aliphatic heterocycles. The number of nitrogens with two attached hydrogens (primary N) is 1. The molecule has 1 aromatic heterocycles. The van der Waals surface area contributed by atoms with Crippen molar-refractivity contribution in [1.82, 2.24) is 9.13 Å². The summed E-state index contributed by atoms with van der Waals surface area (Å²) in [5, 5.41) is 0. The Morgan fingerprint density at radius 2 is 1.88 bits per heavy atom. The van der Waals surface area contributed by atoms with E-state index in [1.807, 2.05) is 29.2 Å². The number of hydrogen-bond acceptors (Lipinski definition) is 5. The number of carbonyl (C=O) groups excluding carboxylic acids is 1. The highest BCUT2D eigenvalue weighted by Gasteiger charge is 2.24. The van der Waals surface area contributed by atoms with Gasteiger partial charge in [0.2, 0.25) is 0 Å². The Bertz CT molecular complexity index is 926. The Balaban J connectivity index is 1.98. The second kappa shape index (κ2) is 5.99. The minimum absolute atomic E-state index is 0.0641. The number of para-hydroxylation sites is 1. The third-order valence-electron chi connectivity index (χ3n) is 4.53. The predicted molar refractivity (Wildman–Crippen MR) is 92.6 cm³/mol. The molecule has 7 nitrogen and oxygen atoms in total. The van der Waals surface area contributed by atoms with Gasteiger partial charge in [0.15, 0.2) is 5.78 Å². The zero-order valence-corrected chi connectivity index (χ0v) is 13.8. The summed E-state index contributed by atoms with van der Waals surface area (Å²) in [5.74, 6) is -0.459. The lowest BCUT2D eigenvalue weighted by Gasteiger charge is -2.30. The summed E-state index contributed by atoms with van der Waals surface area (Å²) in [6.07, 6.45) is 1.93. The smallest absolute Gasteiger partial charge is 0.332 e. The molecule has 2 N–H and O–H groups in total. The highest BCUT2D eigenvalue weighted by molar-refractivity contribution is 6.02. The SMILES string of the molecule is Cn1c(N)c(C(=O)CN2CCCc3ccccc32)c(=O)n(C)c1=O. The maximum atomic E-state index is 12.7. The Labute approximate surface area is 138 Å². The number of aryl methyl sites for hydroxylation is 1. The second-order valence-electron chi connectivity index (χ2n) is 6.04. The van der Waals surface area contributed by atoms with E-state index in [9.17, 15) is 14.4 Å². The van der Waals surface area contributed by atoms with Crippen molar-refractivity contribution in [3.63, 3.8) is 0 Å². The molecule has 0 bridgehead atoms. The molecule has 7 heteroatoms. The van der Waals surface area contributed by atoms with Crippen molar-refractivity contribution in [3.05, 3.63) is 56.2 Å². The molecule has 0 amide bonds. The van der Waals surface area contributed by atoms with E-state index in [1.165, 1.54) is 19.7 Å². The van der Waals surface area contributed by atoms with E-state index in [0.717, 1.165) is 34.2 Å². The molecule has 0 fully saturated rings. The quantitative estimate of drug-likeness (QED) is 0.819. The Hall–Kier alpha value is -2.83. The van der Waals surface area contributed by atoms with Crippen molar-refractivity contribution in [3.8, 4) is 0 Å². The monoisotopic (exact) mass is 328 g/mol. The van der Waals surface area contributed by atoms with Gasteiger partial charge in [-0.05, 0) is 24.5 Å². The highest BCUT2D eigenvalue weighted by Crippen LogP contribution is 2.26. The summed E-state index contributed by atoms with van der Waals surface area (Å²) in [4.78, 5) is 38.9. The fourth-order valence-electron chi connectivity index (χ4n) is 3.15. The molecule has 0 radical (unpaired) electrons. The summed E-state index contributed by atoms with van der Waals surface area (Å²) in [6.45, 7) is 0.809. The van der Waals surface area contributed by atoms with Gasteiger partial charge in [0.1, 0.15) is 11.4 Å². The molecule has 0 aliphatic carbocycles. The van der Waals surface area contributed by atoms with Crippen LogP contribution >= 0.6 is 0 Å². The first-order valence-corrected chi connectivity index (χ1v) is 7.83. The highest BCUT2D eigenvalue weighted by atomic mass is 16.2. The van der Waals surface area contributed by atoms with Gasteiger partial charge >= 0.3 is 5.69 Å². The number of hydrogen-bond donors (Lipinski definition) is 1. The molecule has 1 aromatic carbocycles. The lowest BCUT2D eigenvalue weighted by atomic mass is 10.0. The van der Waals surface area contributed by atoms with Gasteiger partial charge in [0.05, 0.1) is 6.54 Å². The molecule has 0 saturated carbocycles. The van der Waals surface area contributed by atoms with Crippen LogP contribution in [-0.2, 0) is 20.5 Å².